The molecule has 2 heterocycles. The molecule has 0 fully saturated rings. The number of aromatic nitrogens is 4. The molecular formula is C12H15N5O3. The molecule has 1 unspecified atom stereocenters. The van der Waals surface area contributed by atoms with E-state index in [0.717, 1.165) is 5.69 Å². The maximum atomic E-state index is 12.2. The number of carboxylic acid groups (broad SMARTS) is 1. The summed E-state index contributed by atoms with van der Waals surface area (Å²) >= 11 is 0. The standard InChI is InChI=1S/C12H15N5O3/c1-7-9(6-14-16(7)3)15-11(18)10-4-5-13-17(10)8(2)12(19)20/h4-6,8H,1-3H3,(H,15,18)(H,19,20). The molecule has 8 heteroatoms. The summed E-state index contributed by atoms with van der Waals surface area (Å²) in [4.78, 5) is 23.2. The summed E-state index contributed by atoms with van der Waals surface area (Å²) in [6.07, 6.45) is 2.93. The summed E-state index contributed by atoms with van der Waals surface area (Å²) < 4.78 is 2.80. The highest BCUT2D eigenvalue weighted by Crippen LogP contribution is 2.15. The summed E-state index contributed by atoms with van der Waals surface area (Å²) in [5.41, 5.74) is 1.56. The topological polar surface area (TPSA) is 102 Å². The lowest BCUT2D eigenvalue weighted by molar-refractivity contribution is -0.140. The molecule has 0 aliphatic carbocycles. The van der Waals surface area contributed by atoms with Gasteiger partial charge in [-0.1, -0.05) is 0 Å². The molecule has 0 saturated heterocycles. The summed E-state index contributed by atoms with van der Waals surface area (Å²) in [6.45, 7) is 3.28. The fraction of sp³-hybridized carbons (Fsp3) is 0.333. The van der Waals surface area contributed by atoms with Gasteiger partial charge in [0.25, 0.3) is 5.91 Å². The van der Waals surface area contributed by atoms with Crippen LogP contribution in [0.4, 0.5) is 5.69 Å². The van der Waals surface area contributed by atoms with E-state index >= 15 is 0 Å². The van der Waals surface area contributed by atoms with Gasteiger partial charge in [0, 0.05) is 13.2 Å². The zero-order chi connectivity index (χ0) is 14.9. The third kappa shape index (κ3) is 2.40. The van der Waals surface area contributed by atoms with Crippen molar-refractivity contribution in [3.63, 3.8) is 0 Å². The van der Waals surface area contributed by atoms with E-state index in [-0.39, 0.29) is 5.69 Å². The van der Waals surface area contributed by atoms with E-state index in [1.165, 1.54) is 30.1 Å². The lowest BCUT2D eigenvalue weighted by Crippen LogP contribution is -2.24. The second-order valence-corrected chi connectivity index (χ2v) is 4.40. The van der Waals surface area contributed by atoms with Gasteiger partial charge < -0.3 is 10.4 Å². The van der Waals surface area contributed by atoms with Crippen LogP contribution in [0.3, 0.4) is 0 Å². The number of anilines is 1. The predicted molar refractivity (Wildman–Crippen MR) is 70.5 cm³/mol. The third-order valence-electron chi connectivity index (χ3n) is 3.11. The Kier molecular flexibility index (Phi) is 3.55. The van der Waals surface area contributed by atoms with E-state index < -0.39 is 17.9 Å². The number of nitrogens with zero attached hydrogens (tertiary/aromatic N) is 4. The Morgan fingerprint density at radius 3 is 2.65 bits per heavy atom. The fourth-order valence-electron chi connectivity index (χ4n) is 1.72. The predicted octanol–water partition coefficient (Wildman–Crippen LogP) is 0.823. The van der Waals surface area contributed by atoms with E-state index in [0.29, 0.717) is 5.69 Å². The van der Waals surface area contributed by atoms with Crippen molar-refractivity contribution >= 4 is 17.6 Å². The van der Waals surface area contributed by atoms with Gasteiger partial charge in [-0.15, -0.1) is 0 Å². The number of hydrogen-bond acceptors (Lipinski definition) is 4. The average Bonchev–Trinajstić information content (AvgIpc) is 3.00. The van der Waals surface area contributed by atoms with Gasteiger partial charge in [0.1, 0.15) is 11.7 Å². The molecule has 20 heavy (non-hydrogen) atoms. The SMILES string of the molecule is Cc1c(NC(=O)c2ccnn2C(C)C(=O)O)cnn1C. The van der Waals surface area contributed by atoms with Crippen molar-refractivity contribution in [3.05, 3.63) is 29.8 Å². The second kappa shape index (κ2) is 5.16. The van der Waals surface area contributed by atoms with Crippen LogP contribution in [0.25, 0.3) is 0 Å². The molecular weight excluding hydrogens is 262 g/mol. The molecule has 0 spiro atoms. The van der Waals surface area contributed by atoms with E-state index in [2.05, 4.69) is 15.5 Å². The van der Waals surface area contributed by atoms with Crippen LogP contribution in [0.15, 0.2) is 18.5 Å². The Hall–Kier alpha value is -2.64. The van der Waals surface area contributed by atoms with Gasteiger partial charge in [-0.3, -0.25) is 9.48 Å². The highest BCUT2D eigenvalue weighted by atomic mass is 16.4. The van der Waals surface area contributed by atoms with Crippen molar-refractivity contribution in [1.29, 1.82) is 0 Å². The molecule has 0 aliphatic rings. The molecule has 2 N–H and O–H groups in total. The van der Waals surface area contributed by atoms with Crippen molar-refractivity contribution in [3.8, 4) is 0 Å². The minimum absolute atomic E-state index is 0.183. The summed E-state index contributed by atoms with van der Waals surface area (Å²) in [5, 5.41) is 19.6. The number of aliphatic carboxylic acids is 1. The molecule has 0 bridgehead atoms. The van der Waals surface area contributed by atoms with Gasteiger partial charge in [0.2, 0.25) is 0 Å². The Bertz CT molecular complexity index is 658. The van der Waals surface area contributed by atoms with Crippen LogP contribution in [-0.2, 0) is 11.8 Å². The lowest BCUT2D eigenvalue weighted by Gasteiger charge is -2.11. The Labute approximate surface area is 115 Å². The maximum absolute atomic E-state index is 12.2. The summed E-state index contributed by atoms with van der Waals surface area (Å²) in [5.74, 6) is -1.48. The van der Waals surface area contributed by atoms with Crippen molar-refractivity contribution in [2.45, 2.75) is 19.9 Å². The Morgan fingerprint density at radius 1 is 1.40 bits per heavy atom. The summed E-state index contributed by atoms with van der Waals surface area (Å²) in [6, 6.07) is 0.557. The molecule has 2 aromatic rings. The fourth-order valence-corrected chi connectivity index (χ4v) is 1.72. The number of aryl methyl sites for hydroxylation is 1. The number of rotatable bonds is 4. The Morgan fingerprint density at radius 2 is 2.10 bits per heavy atom. The molecule has 106 valence electrons. The average molecular weight is 277 g/mol. The quantitative estimate of drug-likeness (QED) is 0.861. The summed E-state index contributed by atoms with van der Waals surface area (Å²) in [7, 11) is 1.77. The highest BCUT2D eigenvalue weighted by Gasteiger charge is 2.21. The zero-order valence-electron chi connectivity index (χ0n) is 11.4. The van der Waals surface area contributed by atoms with Gasteiger partial charge in [-0.25, -0.2) is 9.48 Å². The number of amides is 1. The van der Waals surface area contributed by atoms with Crippen molar-refractivity contribution in [1.82, 2.24) is 19.6 Å². The van der Waals surface area contributed by atoms with Crippen LogP contribution in [-0.4, -0.2) is 36.5 Å². The molecule has 0 aromatic carbocycles. The van der Waals surface area contributed by atoms with Crippen molar-refractivity contribution in [2.24, 2.45) is 7.05 Å². The number of carbonyl (C=O) groups excluding carboxylic acids is 1. The van der Waals surface area contributed by atoms with E-state index in [9.17, 15) is 9.59 Å². The van der Waals surface area contributed by atoms with E-state index in [4.69, 9.17) is 5.11 Å². The first kappa shape index (κ1) is 13.8. The molecule has 2 rings (SSSR count). The van der Waals surface area contributed by atoms with Crippen LogP contribution in [0.5, 0.6) is 0 Å². The van der Waals surface area contributed by atoms with Gasteiger partial charge in [-0.05, 0) is 19.9 Å². The first-order valence-corrected chi connectivity index (χ1v) is 5.98. The molecule has 0 aliphatic heterocycles. The first-order valence-electron chi connectivity index (χ1n) is 5.98. The number of nitrogens with one attached hydrogen (secondary N) is 1. The largest absolute Gasteiger partial charge is 0.480 e. The van der Waals surface area contributed by atoms with Gasteiger partial charge in [-0.2, -0.15) is 10.2 Å². The molecule has 0 saturated carbocycles. The molecule has 2 aromatic heterocycles. The normalized spacial score (nSPS) is 12.2. The number of carbonyl (C=O) groups is 2. The molecule has 1 atom stereocenters. The van der Waals surface area contributed by atoms with Crippen LogP contribution >= 0.6 is 0 Å². The monoisotopic (exact) mass is 277 g/mol. The minimum Gasteiger partial charge on any atom is -0.480 e. The van der Waals surface area contributed by atoms with Gasteiger partial charge in [0.15, 0.2) is 0 Å². The Balaban J connectivity index is 2.24. The van der Waals surface area contributed by atoms with Crippen LogP contribution in [0.2, 0.25) is 0 Å². The van der Waals surface area contributed by atoms with Crippen LogP contribution in [0.1, 0.15) is 29.1 Å². The lowest BCUT2D eigenvalue weighted by atomic mass is 10.3. The maximum Gasteiger partial charge on any atom is 0.328 e. The first-order chi connectivity index (χ1) is 9.41. The van der Waals surface area contributed by atoms with E-state index in [1.54, 1.807) is 11.7 Å². The van der Waals surface area contributed by atoms with Crippen molar-refractivity contribution < 1.29 is 14.7 Å². The van der Waals surface area contributed by atoms with Crippen LogP contribution in [0, 0.1) is 6.92 Å². The van der Waals surface area contributed by atoms with Gasteiger partial charge >= 0.3 is 5.97 Å². The van der Waals surface area contributed by atoms with Crippen LogP contribution < -0.4 is 5.32 Å². The van der Waals surface area contributed by atoms with Crippen molar-refractivity contribution in [2.75, 3.05) is 5.32 Å². The number of carboxylic acids is 1. The molecule has 0 radical (unpaired) electrons. The third-order valence-corrected chi connectivity index (χ3v) is 3.11. The smallest absolute Gasteiger partial charge is 0.328 e. The highest BCUT2D eigenvalue weighted by molar-refractivity contribution is 6.03. The van der Waals surface area contributed by atoms with E-state index in [1.807, 2.05) is 6.92 Å². The molecule has 8 nitrogen and oxygen atoms in total. The molecule has 1 amide bonds. The zero-order valence-corrected chi connectivity index (χ0v) is 11.4. The number of hydrogen-bond donors (Lipinski definition) is 2. The van der Waals surface area contributed by atoms with Gasteiger partial charge in [0.05, 0.1) is 17.6 Å². The minimum atomic E-state index is -1.06. The second-order valence-electron chi connectivity index (χ2n) is 4.40.